The summed E-state index contributed by atoms with van der Waals surface area (Å²) in [5.74, 6) is -0.338. The second-order valence-corrected chi connectivity index (χ2v) is 5.75. The number of nitrogens with zero attached hydrogens (tertiary/aromatic N) is 1. The highest BCUT2D eigenvalue weighted by molar-refractivity contribution is 7.15. The highest BCUT2D eigenvalue weighted by atomic mass is 32.1. The Labute approximate surface area is 127 Å². The molecule has 2 aromatic carbocycles. The Morgan fingerprint density at radius 1 is 0.952 bits per heavy atom. The van der Waals surface area contributed by atoms with E-state index in [0.29, 0.717) is 0 Å². The van der Waals surface area contributed by atoms with Crippen LogP contribution in [-0.2, 0) is 11.2 Å². The van der Waals surface area contributed by atoms with Gasteiger partial charge in [0, 0.05) is 16.0 Å². The lowest BCUT2D eigenvalue weighted by atomic mass is 10.1. The number of aromatic nitrogens is 1. The first-order valence-corrected chi connectivity index (χ1v) is 7.44. The molecule has 0 bridgehead atoms. The normalized spacial score (nSPS) is 10.5. The topological polar surface area (TPSA) is 56.0 Å². The standard InChI is InChI=1S/C17H14N2OS/c18-15(20)11-14-16(12-7-3-1-4-8-12)19-17(21-14)13-9-5-2-6-10-13/h1-10H,11H2,(H2,18,20). The van der Waals surface area contributed by atoms with Crippen LogP contribution < -0.4 is 5.73 Å². The number of carbonyl (C=O) groups is 1. The summed E-state index contributed by atoms with van der Waals surface area (Å²) in [6.45, 7) is 0. The number of hydrogen-bond donors (Lipinski definition) is 1. The van der Waals surface area contributed by atoms with Gasteiger partial charge in [-0.1, -0.05) is 60.7 Å². The van der Waals surface area contributed by atoms with Gasteiger partial charge >= 0.3 is 0 Å². The van der Waals surface area contributed by atoms with E-state index in [1.54, 1.807) is 0 Å². The predicted molar refractivity (Wildman–Crippen MR) is 85.9 cm³/mol. The summed E-state index contributed by atoms with van der Waals surface area (Å²) in [5, 5.41) is 0.908. The Hall–Kier alpha value is -2.46. The lowest BCUT2D eigenvalue weighted by molar-refractivity contribution is -0.117. The maximum Gasteiger partial charge on any atom is 0.222 e. The Morgan fingerprint density at radius 2 is 1.52 bits per heavy atom. The van der Waals surface area contributed by atoms with Gasteiger partial charge in [-0.2, -0.15) is 0 Å². The van der Waals surface area contributed by atoms with Crippen LogP contribution in [0.25, 0.3) is 21.8 Å². The fourth-order valence-electron chi connectivity index (χ4n) is 2.16. The summed E-state index contributed by atoms with van der Waals surface area (Å²) in [6, 6.07) is 19.8. The zero-order valence-electron chi connectivity index (χ0n) is 11.3. The third kappa shape index (κ3) is 3.01. The van der Waals surface area contributed by atoms with Crippen LogP contribution in [-0.4, -0.2) is 10.9 Å². The summed E-state index contributed by atoms with van der Waals surface area (Å²) in [7, 11) is 0. The van der Waals surface area contributed by atoms with Crippen molar-refractivity contribution in [2.45, 2.75) is 6.42 Å². The minimum atomic E-state index is -0.338. The Kier molecular flexibility index (Phi) is 3.79. The van der Waals surface area contributed by atoms with Gasteiger partial charge in [0.2, 0.25) is 5.91 Å². The molecular weight excluding hydrogens is 280 g/mol. The molecule has 21 heavy (non-hydrogen) atoms. The largest absolute Gasteiger partial charge is 0.369 e. The Morgan fingerprint density at radius 3 is 2.10 bits per heavy atom. The van der Waals surface area contributed by atoms with Crippen molar-refractivity contribution in [1.29, 1.82) is 0 Å². The van der Waals surface area contributed by atoms with E-state index in [9.17, 15) is 4.79 Å². The smallest absolute Gasteiger partial charge is 0.222 e. The van der Waals surface area contributed by atoms with E-state index in [0.717, 1.165) is 26.7 Å². The third-order valence-electron chi connectivity index (χ3n) is 3.10. The Balaban J connectivity index is 2.10. The molecular formula is C17H14N2OS. The van der Waals surface area contributed by atoms with E-state index < -0.39 is 0 Å². The summed E-state index contributed by atoms with van der Waals surface area (Å²) >= 11 is 1.52. The fourth-order valence-corrected chi connectivity index (χ4v) is 3.25. The average molecular weight is 294 g/mol. The zero-order valence-corrected chi connectivity index (χ0v) is 12.1. The molecule has 0 atom stereocenters. The first-order chi connectivity index (χ1) is 10.2. The van der Waals surface area contributed by atoms with Crippen molar-refractivity contribution in [3.8, 4) is 21.8 Å². The molecule has 3 nitrogen and oxygen atoms in total. The van der Waals surface area contributed by atoms with Crippen LogP contribution in [0.1, 0.15) is 4.88 Å². The molecule has 1 aromatic heterocycles. The molecule has 0 radical (unpaired) electrons. The SMILES string of the molecule is NC(=O)Cc1sc(-c2ccccc2)nc1-c1ccccc1. The lowest BCUT2D eigenvalue weighted by Crippen LogP contribution is -2.13. The molecule has 0 saturated heterocycles. The number of rotatable bonds is 4. The van der Waals surface area contributed by atoms with Crippen LogP contribution in [0.2, 0.25) is 0 Å². The number of primary amides is 1. The molecule has 0 aliphatic carbocycles. The second kappa shape index (κ2) is 5.89. The summed E-state index contributed by atoms with van der Waals surface area (Å²) in [5.41, 5.74) is 8.26. The van der Waals surface area contributed by atoms with Crippen molar-refractivity contribution in [2.75, 3.05) is 0 Å². The van der Waals surface area contributed by atoms with Gasteiger partial charge in [-0.3, -0.25) is 4.79 Å². The van der Waals surface area contributed by atoms with Crippen LogP contribution in [0.4, 0.5) is 0 Å². The lowest BCUT2D eigenvalue weighted by Gasteiger charge is -1.99. The van der Waals surface area contributed by atoms with Crippen LogP contribution in [0.5, 0.6) is 0 Å². The number of amides is 1. The molecule has 3 aromatic rings. The maximum absolute atomic E-state index is 11.3. The first-order valence-electron chi connectivity index (χ1n) is 6.63. The molecule has 0 fully saturated rings. The molecule has 0 aliphatic heterocycles. The summed E-state index contributed by atoms with van der Waals surface area (Å²) in [4.78, 5) is 16.9. The van der Waals surface area contributed by atoms with Crippen molar-refractivity contribution in [2.24, 2.45) is 5.73 Å². The van der Waals surface area contributed by atoms with Crippen molar-refractivity contribution in [3.63, 3.8) is 0 Å². The van der Waals surface area contributed by atoms with E-state index in [2.05, 4.69) is 0 Å². The van der Waals surface area contributed by atoms with Gasteiger partial charge in [-0.15, -0.1) is 11.3 Å². The van der Waals surface area contributed by atoms with Gasteiger partial charge in [0.25, 0.3) is 0 Å². The molecule has 0 aliphatic rings. The minimum absolute atomic E-state index is 0.217. The van der Waals surface area contributed by atoms with E-state index >= 15 is 0 Å². The Bertz CT molecular complexity index is 751. The van der Waals surface area contributed by atoms with E-state index in [-0.39, 0.29) is 12.3 Å². The molecule has 0 unspecified atom stereocenters. The fraction of sp³-hybridized carbons (Fsp3) is 0.0588. The molecule has 0 saturated carbocycles. The second-order valence-electron chi connectivity index (χ2n) is 4.67. The van der Waals surface area contributed by atoms with Gasteiger partial charge in [0.05, 0.1) is 12.1 Å². The highest BCUT2D eigenvalue weighted by Gasteiger charge is 2.15. The molecule has 104 valence electrons. The van der Waals surface area contributed by atoms with E-state index in [1.165, 1.54) is 11.3 Å². The van der Waals surface area contributed by atoms with Crippen LogP contribution in [0.15, 0.2) is 60.7 Å². The maximum atomic E-state index is 11.3. The minimum Gasteiger partial charge on any atom is -0.369 e. The van der Waals surface area contributed by atoms with Crippen molar-refractivity contribution >= 4 is 17.2 Å². The van der Waals surface area contributed by atoms with Gasteiger partial charge in [0.15, 0.2) is 0 Å². The highest BCUT2D eigenvalue weighted by Crippen LogP contribution is 2.33. The molecule has 0 spiro atoms. The monoisotopic (exact) mass is 294 g/mol. The van der Waals surface area contributed by atoms with E-state index in [1.807, 2.05) is 60.7 Å². The molecule has 2 N–H and O–H groups in total. The third-order valence-corrected chi connectivity index (χ3v) is 4.20. The molecule has 1 heterocycles. The number of thiazole rings is 1. The quantitative estimate of drug-likeness (QED) is 0.800. The number of hydrogen-bond acceptors (Lipinski definition) is 3. The predicted octanol–water partition coefficient (Wildman–Crippen LogP) is 3.50. The zero-order chi connectivity index (χ0) is 14.7. The van der Waals surface area contributed by atoms with Crippen LogP contribution in [0, 0.1) is 0 Å². The van der Waals surface area contributed by atoms with Gasteiger partial charge in [-0.05, 0) is 0 Å². The van der Waals surface area contributed by atoms with Gasteiger partial charge in [-0.25, -0.2) is 4.98 Å². The molecule has 3 rings (SSSR count). The van der Waals surface area contributed by atoms with Gasteiger partial charge < -0.3 is 5.73 Å². The molecule has 1 amide bonds. The number of benzene rings is 2. The summed E-state index contributed by atoms with van der Waals surface area (Å²) in [6.07, 6.45) is 0.217. The van der Waals surface area contributed by atoms with E-state index in [4.69, 9.17) is 10.7 Å². The number of nitrogens with two attached hydrogens (primary N) is 1. The summed E-state index contributed by atoms with van der Waals surface area (Å²) < 4.78 is 0. The van der Waals surface area contributed by atoms with Crippen molar-refractivity contribution in [1.82, 2.24) is 4.98 Å². The van der Waals surface area contributed by atoms with Crippen LogP contribution in [0.3, 0.4) is 0 Å². The number of carbonyl (C=O) groups excluding carboxylic acids is 1. The van der Waals surface area contributed by atoms with Gasteiger partial charge in [0.1, 0.15) is 5.01 Å². The van der Waals surface area contributed by atoms with Crippen molar-refractivity contribution in [3.05, 3.63) is 65.5 Å². The first kappa shape index (κ1) is 13.5. The average Bonchev–Trinajstić information content (AvgIpc) is 2.92. The van der Waals surface area contributed by atoms with Crippen molar-refractivity contribution < 1.29 is 4.79 Å². The van der Waals surface area contributed by atoms with Crippen LogP contribution >= 0.6 is 11.3 Å². The molecule has 4 heteroatoms.